The van der Waals surface area contributed by atoms with Gasteiger partial charge in [0.05, 0.1) is 26.2 Å². The molecule has 0 fully saturated rings. The Morgan fingerprint density at radius 3 is 2.54 bits per heavy atom. The van der Waals surface area contributed by atoms with Gasteiger partial charge in [-0.25, -0.2) is 0 Å². The lowest BCUT2D eigenvalue weighted by Gasteiger charge is -2.18. The van der Waals surface area contributed by atoms with Crippen LogP contribution in [-0.4, -0.2) is 24.3 Å². The van der Waals surface area contributed by atoms with E-state index < -0.39 is 0 Å². The average Bonchev–Trinajstić information content (AvgIpc) is 2.93. The highest BCUT2D eigenvalue weighted by molar-refractivity contribution is 5.90. The molecule has 2 aromatic carbocycles. The monoisotopic (exact) mass is 351 g/mol. The van der Waals surface area contributed by atoms with Crippen molar-refractivity contribution < 1.29 is 14.3 Å². The second-order valence-electron chi connectivity index (χ2n) is 6.39. The fourth-order valence-corrected chi connectivity index (χ4v) is 3.57. The summed E-state index contributed by atoms with van der Waals surface area (Å²) in [5.74, 6) is 0.581. The van der Waals surface area contributed by atoms with E-state index in [1.54, 1.807) is 7.11 Å². The molecule has 136 valence electrons. The molecular weight excluding hydrogens is 326 g/mol. The van der Waals surface area contributed by atoms with Gasteiger partial charge in [-0.3, -0.25) is 4.79 Å². The number of carbonyl (C=O) groups excluding carboxylic acids is 1. The Kier molecular flexibility index (Phi) is 5.31. The van der Waals surface area contributed by atoms with Crippen LogP contribution in [-0.2, 0) is 16.0 Å². The van der Waals surface area contributed by atoms with Gasteiger partial charge in [-0.15, -0.1) is 0 Å². The SMILES string of the molecule is CCOC(=O)Cc1c(C)n(C(C)c2ccccc2)c2ccc(OC)cc12. The summed E-state index contributed by atoms with van der Waals surface area (Å²) in [6.07, 6.45) is 0.262. The molecule has 0 aliphatic heterocycles. The van der Waals surface area contributed by atoms with Crippen molar-refractivity contribution in [1.82, 2.24) is 4.57 Å². The summed E-state index contributed by atoms with van der Waals surface area (Å²) in [5.41, 5.74) is 4.41. The van der Waals surface area contributed by atoms with E-state index in [0.717, 1.165) is 27.9 Å². The van der Waals surface area contributed by atoms with Crippen LogP contribution in [0, 0.1) is 6.92 Å². The predicted octanol–water partition coefficient (Wildman–Crippen LogP) is 4.67. The van der Waals surface area contributed by atoms with Gasteiger partial charge in [-0.1, -0.05) is 30.3 Å². The van der Waals surface area contributed by atoms with E-state index in [-0.39, 0.29) is 18.4 Å². The van der Waals surface area contributed by atoms with Crippen molar-refractivity contribution in [1.29, 1.82) is 0 Å². The lowest BCUT2D eigenvalue weighted by atomic mass is 10.1. The minimum atomic E-state index is -0.204. The zero-order valence-corrected chi connectivity index (χ0v) is 15.8. The van der Waals surface area contributed by atoms with E-state index in [1.165, 1.54) is 5.56 Å². The number of hydrogen-bond acceptors (Lipinski definition) is 3. The lowest BCUT2D eigenvalue weighted by Crippen LogP contribution is -2.11. The number of rotatable bonds is 6. The number of hydrogen-bond donors (Lipinski definition) is 0. The molecule has 0 saturated carbocycles. The third kappa shape index (κ3) is 3.32. The van der Waals surface area contributed by atoms with Crippen LogP contribution in [0.25, 0.3) is 10.9 Å². The minimum absolute atomic E-state index is 0.156. The van der Waals surface area contributed by atoms with E-state index >= 15 is 0 Å². The fourth-order valence-electron chi connectivity index (χ4n) is 3.57. The maximum absolute atomic E-state index is 12.1. The molecule has 0 radical (unpaired) electrons. The standard InChI is InChI=1S/C22H25NO3/c1-5-26-22(24)14-19-16(3)23(15(2)17-9-7-6-8-10-17)21-12-11-18(25-4)13-20(19)21/h6-13,15H,5,14H2,1-4H3. The van der Waals surface area contributed by atoms with Crippen LogP contribution >= 0.6 is 0 Å². The fraction of sp³-hybridized carbons (Fsp3) is 0.318. The van der Waals surface area contributed by atoms with E-state index in [1.807, 2.05) is 25.1 Å². The van der Waals surface area contributed by atoms with Crippen LogP contribution in [0.15, 0.2) is 48.5 Å². The molecular formula is C22H25NO3. The summed E-state index contributed by atoms with van der Waals surface area (Å²) in [6, 6.07) is 16.6. The number of aromatic nitrogens is 1. The quantitative estimate of drug-likeness (QED) is 0.606. The molecule has 0 saturated heterocycles. The summed E-state index contributed by atoms with van der Waals surface area (Å²) >= 11 is 0. The number of esters is 1. The summed E-state index contributed by atoms with van der Waals surface area (Å²) in [5, 5.41) is 1.04. The topological polar surface area (TPSA) is 40.5 Å². The average molecular weight is 351 g/mol. The van der Waals surface area contributed by atoms with Crippen LogP contribution in [0.2, 0.25) is 0 Å². The number of fused-ring (bicyclic) bond motifs is 1. The van der Waals surface area contributed by atoms with Gasteiger partial charge >= 0.3 is 5.97 Å². The number of ether oxygens (including phenoxy) is 2. The summed E-state index contributed by atoms with van der Waals surface area (Å²) < 4.78 is 12.9. The zero-order chi connectivity index (χ0) is 18.7. The zero-order valence-electron chi connectivity index (χ0n) is 15.8. The van der Waals surface area contributed by atoms with Crippen molar-refractivity contribution in [3.05, 3.63) is 65.4 Å². The molecule has 0 bridgehead atoms. The van der Waals surface area contributed by atoms with Crippen LogP contribution in [0.4, 0.5) is 0 Å². The Balaban J connectivity index is 2.16. The predicted molar refractivity (Wildman–Crippen MR) is 104 cm³/mol. The largest absolute Gasteiger partial charge is 0.497 e. The second kappa shape index (κ2) is 7.65. The molecule has 4 heteroatoms. The first kappa shape index (κ1) is 18.1. The lowest BCUT2D eigenvalue weighted by molar-refractivity contribution is -0.142. The van der Waals surface area contributed by atoms with E-state index in [2.05, 4.69) is 48.7 Å². The summed E-state index contributed by atoms with van der Waals surface area (Å²) in [6.45, 7) is 6.47. The van der Waals surface area contributed by atoms with Gasteiger partial charge in [0.1, 0.15) is 5.75 Å². The maximum atomic E-state index is 12.1. The first-order valence-electron chi connectivity index (χ1n) is 8.94. The van der Waals surface area contributed by atoms with E-state index in [0.29, 0.717) is 6.61 Å². The Bertz CT molecular complexity index is 912. The summed E-state index contributed by atoms with van der Waals surface area (Å²) in [7, 11) is 1.66. The molecule has 4 nitrogen and oxygen atoms in total. The molecule has 0 amide bonds. The van der Waals surface area contributed by atoms with Gasteiger partial charge in [-0.2, -0.15) is 0 Å². The number of methoxy groups -OCH3 is 1. The van der Waals surface area contributed by atoms with Gasteiger partial charge in [0, 0.05) is 16.6 Å². The molecule has 1 aromatic heterocycles. The Morgan fingerprint density at radius 2 is 1.88 bits per heavy atom. The second-order valence-corrected chi connectivity index (χ2v) is 6.39. The Hall–Kier alpha value is -2.75. The number of carbonyl (C=O) groups is 1. The normalized spacial score (nSPS) is 12.2. The van der Waals surface area contributed by atoms with Crippen molar-refractivity contribution in [2.75, 3.05) is 13.7 Å². The van der Waals surface area contributed by atoms with Gasteiger partial charge in [0.25, 0.3) is 0 Å². The highest BCUT2D eigenvalue weighted by atomic mass is 16.5. The van der Waals surface area contributed by atoms with E-state index in [9.17, 15) is 4.79 Å². The van der Waals surface area contributed by atoms with Crippen molar-refractivity contribution >= 4 is 16.9 Å². The van der Waals surface area contributed by atoms with Crippen molar-refractivity contribution in [3.63, 3.8) is 0 Å². The molecule has 1 atom stereocenters. The number of benzene rings is 2. The first-order chi connectivity index (χ1) is 12.6. The van der Waals surface area contributed by atoms with Gasteiger partial charge in [0.2, 0.25) is 0 Å². The third-order valence-corrected chi connectivity index (χ3v) is 4.88. The molecule has 0 aliphatic rings. The van der Waals surface area contributed by atoms with Crippen molar-refractivity contribution in [3.8, 4) is 5.75 Å². The van der Waals surface area contributed by atoms with Crippen LogP contribution in [0.3, 0.4) is 0 Å². The minimum Gasteiger partial charge on any atom is -0.497 e. The van der Waals surface area contributed by atoms with Gasteiger partial charge < -0.3 is 14.0 Å². The van der Waals surface area contributed by atoms with E-state index in [4.69, 9.17) is 9.47 Å². The Labute approximate surface area is 154 Å². The van der Waals surface area contributed by atoms with Crippen molar-refractivity contribution in [2.24, 2.45) is 0 Å². The van der Waals surface area contributed by atoms with Gasteiger partial charge in [-0.05, 0) is 50.1 Å². The molecule has 0 N–H and O–H groups in total. The number of nitrogens with zero attached hydrogens (tertiary/aromatic N) is 1. The molecule has 1 heterocycles. The highest BCUT2D eigenvalue weighted by Gasteiger charge is 2.21. The molecule has 3 aromatic rings. The highest BCUT2D eigenvalue weighted by Crippen LogP contribution is 2.34. The maximum Gasteiger partial charge on any atom is 0.310 e. The van der Waals surface area contributed by atoms with Crippen LogP contribution in [0.1, 0.15) is 36.7 Å². The molecule has 0 aliphatic carbocycles. The van der Waals surface area contributed by atoms with Gasteiger partial charge in [0.15, 0.2) is 0 Å². The Morgan fingerprint density at radius 1 is 1.15 bits per heavy atom. The van der Waals surface area contributed by atoms with Crippen LogP contribution in [0.5, 0.6) is 5.75 Å². The van der Waals surface area contributed by atoms with Crippen molar-refractivity contribution in [2.45, 2.75) is 33.2 Å². The molecule has 0 spiro atoms. The third-order valence-electron chi connectivity index (χ3n) is 4.88. The van der Waals surface area contributed by atoms with Crippen LogP contribution < -0.4 is 4.74 Å². The molecule has 26 heavy (non-hydrogen) atoms. The molecule has 1 unspecified atom stereocenters. The summed E-state index contributed by atoms with van der Waals surface area (Å²) in [4.78, 5) is 12.1. The first-order valence-corrected chi connectivity index (χ1v) is 8.94. The molecule has 3 rings (SSSR count). The smallest absolute Gasteiger partial charge is 0.310 e.